The van der Waals surface area contributed by atoms with Crippen molar-refractivity contribution in [2.75, 3.05) is 0 Å². The molecular formula is C11H13NO8. The van der Waals surface area contributed by atoms with E-state index in [4.69, 9.17) is 10.2 Å². The number of carboxylic acids is 2. The van der Waals surface area contributed by atoms with Gasteiger partial charge in [0.25, 0.3) is 5.91 Å². The average molecular weight is 287 g/mol. The molecule has 0 bridgehead atoms. The van der Waals surface area contributed by atoms with E-state index >= 15 is 0 Å². The van der Waals surface area contributed by atoms with Crippen LogP contribution in [-0.4, -0.2) is 61.4 Å². The Balaban J connectivity index is 3.09. The van der Waals surface area contributed by atoms with Crippen molar-refractivity contribution in [1.82, 2.24) is 4.90 Å². The summed E-state index contributed by atoms with van der Waals surface area (Å²) in [6.45, 7) is 1.09. The number of aliphatic hydroxyl groups is 1. The minimum atomic E-state index is -2.46. The first-order valence-corrected chi connectivity index (χ1v) is 5.61. The highest BCUT2D eigenvalue weighted by Gasteiger charge is 2.55. The van der Waals surface area contributed by atoms with Gasteiger partial charge in [0.1, 0.15) is 11.8 Å². The summed E-state index contributed by atoms with van der Waals surface area (Å²) in [6.07, 6.45) is -2.43. The second kappa shape index (κ2) is 5.37. The molecule has 2 atom stereocenters. The van der Waals surface area contributed by atoms with Crippen LogP contribution in [0.25, 0.3) is 0 Å². The summed E-state index contributed by atoms with van der Waals surface area (Å²) >= 11 is 0. The topological polar surface area (TPSA) is 149 Å². The fraction of sp³-hybridized carbons (Fsp3) is 0.545. The number of Topliss-reactive ketones (excluding diaryl/α,β-unsaturated/α-hetero) is 1. The maximum absolute atomic E-state index is 11.9. The maximum atomic E-state index is 11.9. The van der Waals surface area contributed by atoms with E-state index in [-0.39, 0.29) is 4.90 Å². The SMILES string of the molecule is CC(=O)CC(C(=O)O)N1C(=O)CC(O)(CC(=O)O)C1=O. The van der Waals surface area contributed by atoms with Gasteiger partial charge in [0, 0.05) is 6.42 Å². The van der Waals surface area contributed by atoms with Crippen LogP contribution >= 0.6 is 0 Å². The van der Waals surface area contributed by atoms with Gasteiger partial charge < -0.3 is 15.3 Å². The largest absolute Gasteiger partial charge is 0.481 e. The third-order valence-electron chi connectivity index (χ3n) is 2.85. The van der Waals surface area contributed by atoms with Crippen molar-refractivity contribution < 1.29 is 39.3 Å². The zero-order valence-corrected chi connectivity index (χ0v) is 10.5. The van der Waals surface area contributed by atoms with Crippen LogP contribution in [0.15, 0.2) is 0 Å². The number of hydrogen-bond donors (Lipinski definition) is 3. The lowest BCUT2D eigenvalue weighted by atomic mass is 9.98. The van der Waals surface area contributed by atoms with Crippen LogP contribution in [-0.2, 0) is 24.0 Å². The molecule has 1 saturated heterocycles. The minimum Gasteiger partial charge on any atom is -0.481 e. The molecule has 1 rings (SSSR count). The van der Waals surface area contributed by atoms with Crippen LogP contribution in [0.3, 0.4) is 0 Å². The fourth-order valence-corrected chi connectivity index (χ4v) is 2.01. The number of likely N-dealkylation sites (tertiary alicyclic amines) is 1. The van der Waals surface area contributed by atoms with E-state index in [0.717, 1.165) is 6.92 Å². The molecule has 1 fully saturated rings. The summed E-state index contributed by atoms with van der Waals surface area (Å²) in [6, 6.07) is -1.74. The van der Waals surface area contributed by atoms with Crippen molar-refractivity contribution in [3.63, 3.8) is 0 Å². The van der Waals surface area contributed by atoms with Crippen molar-refractivity contribution in [2.45, 2.75) is 37.8 Å². The first-order chi connectivity index (χ1) is 9.08. The molecule has 20 heavy (non-hydrogen) atoms. The highest BCUT2D eigenvalue weighted by atomic mass is 16.4. The van der Waals surface area contributed by atoms with Crippen LogP contribution in [0.1, 0.15) is 26.2 Å². The quantitative estimate of drug-likeness (QED) is 0.493. The number of carbonyl (C=O) groups is 5. The monoisotopic (exact) mass is 287 g/mol. The lowest BCUT2D eigenvalue weighted by molar-refractivity contribution is -0.160. The summed E-state index contributed by atoms with van der Waals surface area (Å²) in [5.74, 6) is -5.98. The third-order valence-corrected chi connectivity index (χ3v) is 2.85. The molecule has 0 radical (unpaired) electrons. The predicted molar refractivity (Wildman–Crippen MR) is 60.4 cm³/mol. The average Bonchev–Trinajstić information content (AvgIpc) is 2.45. The summed E-state index contributed by atoms with van der Waals surface area (Å²) in [4.78, 5) is 56.5. The minimum absolute atomic E-state index is 0.257. The molecule has 0 saturated carbocycles. The molecular weight excluding hydrogens is 274 g/mol. The Labute approximate surface area is 112 Å². The van der Waals surface area contributed by atoms with Gasteiger partial charge in [-0.1, -0.05) is 0 Å². The number of amides is 2. The van der Waals surface area contributed by atoms with E-state index in [1.807, 2.05) is 0 Å². The highest BCUT2D eigenvalue weighted by molar-refractivity contribution is 6.11. The molecule has 110 valence electrons. The molecule has 1 aliphatic heterocycles. The van der Waals surface area contributed by atoms with Crippen molar-refractivity contribution >= 4 is 29.5 Å². The summed E-state index contributed by atoms with van der Waals surface area (Å²) < 4.78 is 0. The Kier molecular flexibility index (Phi) is 4.23. The molecule has 0 aromatic rings. The first kappa shape index (κ1) is 15.8. The standard InChI is InChI=1S/C11H13NO8/c1-5(13)2-6(9(17)18)12-7(14)3-11(20,10(12)19)4-8(15)16/h6,20H,2-4H2,1H3,(H,15,16)(H,17,18). The normalized spacial score (nSPS) is 23.8. The van der Waals surface area contributed by atoms with Crippen LogP contribution in [0.4, 0.5) is 0 Å². The van der Waals surface area contributed by atoms with Gasteiger partial charge in [0.2, 0.25) is 5.91 Å². The Morgan fingerprint density at radius 2 is 1.85 bits per heavy atom. The van der Waals surface area contributed by atoms with Gasteiger partial charge in [-0.05, 0) is 6.92 Å². The Morgan fingerprint density at radius 3 is 2.25 bits per heavy atom. The zero-order valence-electron chi connectivity index (χ0n) is 10.5. The molecule has 9 heteroatoms. The lowest BCUT2D eigenvalue weighted by Gasteiger charge is -2.23. The zero-order chi connectivity index (χ0) is 15.7. The second-order valence-corrected chi connectivity index (χ2v) is 4.61. The Bertz CT molecular complexity index is 499. The van der Waals surface area contributed by atoms with E-state index in [9.17, 15) is 29.1 Å². The molecule has 3 N–H and O–H groups in total. The van der Waals surface area contributed by atoms with Crippen molar-refractivity contribution in [3.8, 4) is 0 Å². The maximum Gasteiger partial charge on any atom is 0.327 e. The van der Waals surface area contributed by atoms with Crippen molar-refractivity contribution in [3.05, 3.63) is 0 Å². The first-order valence-electron chi connectivity index (χ1n) is 5.61. The third kappa shape index (κ3) is 2.99. The van der Waals surface area contributed by atoms with E-state index in [2.05, 4.69) is 0 Å². The van der Waals surface area contributed by atoms with Crippen LogP contribution in [0.5, 0.6) is 0 Å². The number of nitrogens with zero attached hydrogens (tertiary/aromatic N) is 1. The van der Waals surface area contributed by atoms with Crippen LogP contribution in [0.2, 0.25) is 0 Å². The molecule has 1 heterocycles. The smallest absolute Gasteiger partial charge is 0.327 e. The summed E-state index contributed by atoms with van der Waals surface area (Å²) in [7, 11) is 0. The van der Waals surface area contributed by atoms with E-state index in [1.54, 1.807) is 0 Å². The van der Waals surface area contributed by atoms with E-state index < -0.39 is 60.4 Å². The molecule has 1 aliphatic rings. The number of carboxylic acid groups (broad SMARTS) is 2. The second-order valence-electron chi connectivity index (χ2n) is 4.61. The number of aliphatic carboxylic acids is 2. The van der Waals surface area contributed by atoms with E-state index in [0.29, 0.717) is 0 Å². The van der Waals surface area contributed by atoms with Gasteiger partial charge in [-0.3, -0.25) is 24.1 Å². The lowest BCUT2D eigenvalue weighted by Crippen LogP contribution is -2.49. The summed E-state index contributed by atoms with van der Waals surface area (Å²) in [5.41, 5.74) is -2.46. The van der Waals surface area contributed by atoms with Gasteiger partial charge in [-0.25, -0.2) is 4.79 Å². The summed E-state index contributed by atoms with van der Waals surface area (Å²) in [5, 5.41) is 27.4. The van der Waals surface area contributed by atoms with Gasteiger partial charge in [-0.15, -0.1) is 0 Å². The Hall–Kier alpha value is -2.29. The molecule has 2 unspecified atom stereocenters. The molecule has 0 spiro atoms. The molecule has 9 nitrogen and oxygen atoms in total. The number of ketones is 1. The highest BCUT2D eigenvalue weighted by Crippen LogP contribution is 2.30. The van der Waals surface area contributed by atoms with Crippen molar-refractivity contribution in [1.29, 1.82) is 0 Å². The van der Waals surface area contributed by atoms with Crippen LogP contribution in [0, 0.1) is 0 Å². The molecule has 0 aromatic carbocycles. The fourth-order valence-electron chi connectivity index (χ4n) is 2.01. The van der Waals surface area contributed by atoms with Gasteiger partial charge >= 0.3 is 11.9 Å². The number of carbonyl (C=O) groups excluding carboxylic acids is 3. The molecule has 0 aliphatic carbocycles. The van der Waals surface area contributed by atoms with Gasteiger partial charge in [-0.2, -0.15) is 0 Å². The predicted octanol–water partition coefficient (Wildman–Crippen LogP) is -1.62. The number of rotatable bonds is 6. The molecule has 0 aromatic heterocycles. The Morgan fingerprint density at radius 1 is 1.30 bits per heavy atom. The number of imide groups is 1. The number of hydrogen-bond acceptors (Lipinski definition) is 6. The van der Waals surface area contributed by atoms with Crippen LogP contribution < -0.4 is 0 Å². The van der Waals surface area contributed by atoms with Gasteiger partial charge in [0.05, 0.1) is 12.8 Å². The van der Waals surface area contributed by atoms with Crippen molar-refractivity contribution in [2.24, 2.45) is 0 Å². The van der Waals surface area contributed by atoms with Gasteiger partial charge in [0.15, 0.2) is 5.60 Å². The molecule has 2 amide bonds. The van der Waals surface area contributed by atoms with E-state index in [1.165, 1.54) is 0 Å².